The van der Waals surface area contributed by atoms with E-state index in [0.29, 0.717) is 6.54 Å². The van der Waals surface area contributed by atoms with Crippen LogP contribution in [0, 0.1) is 0 Å². The van der Waals surface area contributed by atoms with Crippen LogP contribution in [0.1, 0.15) is 51.9 Å². The molecule has 2 nitrogen and oxygen atoms in total. The Morgan fingerprint density at radius 1 is 1.05 bits per heavy atom. The first kappa shape index (κ1) is 16.8. The van der Waals surface area contributed by atoms with E-state index < -0.39 is 12.7 Å². The number of piperidine rings is 1. The summed E-state index contributed by atoms with van der Waals surface area (Å²) in [6.45, 7) is 3.67. The van der Waals surface area contributed by atoms with Crippen LogP contribution in [0.4, 0.5) is 13.2 Å². The molecule has 0 amide bonds. The minimum atomic E-state index is -4.08. The zero-order valence-electron chi connectivity index (χ0n) is 11.9. The van der Waals surface area contributed by atoms with Crippen molar-refractivity contribution >= 4 is 0 Å². The molecular weight excluding hydrogens is 253 g/mol. The molecule has 1 saturated heterocycles. The number of hydrogen-bond acceptors (Lipinski definition) is 2. The van der Waals surface area contributed by atoms with Crippen LogP contribution in [-0.4, -0.2) is 43.3 Å². The van der Waals surface area contributed by atoms with Crippen LogP contribution >= 0.6 is 0 Å². The van der Waals surface area contributed by atoms with Crippen molar-refractivity contribution in [3.05, 3.63) is 0 Å². The fourth-order valence-electron chi connectivity index (χ4n) is 2.71. The van der Waals surface area contributed by atoms with Gasteiger partial charge in [0, 0.05) is 6.04 Å². The largest absolute Gasteiger partial charge is 0.401 e. The third-order valence-electron chi connectivity index (χ3n) is 3.76. The van der Waals surface area contributed by atoms with Gasteiger partial charge in [-0.1, -0.05) is 32.6 Å². The van der Waals surface area contributed by atoms with Gasteiger partial charge in [-0.3, -0.25) is 4.90 Å². The minimum absolute atomic E-state index is 0.106. The summed E-state index contributed by atoms with van der Waals surface area (Å²) in [7, 11) is 0. The summed E-state index contributed by atoms with van der Waals surface area (Å²) in [5.41, 5.74) is 0. The van der Waals surface area contributed by atoms with Gasteiger partial charge in [0.25, 0.3) is 0 Å². The average molecular weight is 280 g/mol. The van der Waals surface area contributed by atoms with Crippen LogP contribution in [0.2, 0.25) is 0 Å². The lowest BCUT2D eigenvalue weighted by Crippen LogP contribution is -2.47. The normalized spacial score (nSPS) is 18.2. The molecular formula is C14H27F3N2. The van der Waals surface area contributed by atoms with Crippen molar-refractivity contribution < 1.29 is 13.2 Å². The van der Waals surface area contributed by atoms with E-state index in [2.05, 4.69) is 12.2 Å². The molecule has 19 heavy (non-hydrogen) atoms. The predicted molar refractivity (Wildman–Crippen MR) is 72.3 cm³/mol. The van der Waals surface area contributed by atoms with Gasteiger partial charge in [-0.25, -0.2) is 0 Å². The van der Waals surface area contributed by atoms with Gasteiger partial charge in [-0.2, -0.15) is 13.2 Å². The maximum absolute atomic E-state index is 12.6. The van der Waals surface area contributed by atoms with Crippen molar-refractivity contribution in [2.75, 3.05) is 26.2 Å². The van der Waals surface area contributed by atoms with E-state index >= 15 is 0 Å². The van der Waals surface area contributed by atoms with Gasteiger partial charge in [0.05, 0.1) is 6.54 Å². The number of unbranched alkanes of at least 4 members (excludes halogenated alkanes) is 4. The van der Waals surface area contributed by atoms with E-state index in [0.717, 1.165) is 45.2 Å². The van der Waals surface area contributed by atoms with Crippen molar-refractivity contribution in [3.8, 4) is 0 Å². The SMILES string of the molecule is CCCCCCCN(CC(F)(F)F)C1CCNCC1. The Hall–Kier alpha value is -0.290. The second kappa shape index (κ2) is 8.80. The molecule has 0 spiro atoms. The third-order valence-corrected chi connectivity index (χ3v) is 3.76. The molecule has 0 saturated carbocycles. The molecule has 1 N–H and O–H groups in total. The summed E-state index contributed by atoms with van der Waals surface area (Å²) in [5, 5.41) is 3.21. The maximum atomic E-state index is 12.6. The molecule has 1 aliphatic rings. The Kier molecular flexibility index (Phi) is 7.76. The molecule has 0 aromatic rings. The van der Waals surface area contributed by atoms with Crippen LogP contribution in [0.25, 0.3) is 0 Å². The molecule has 0 atom stereocenters. The van der Waals surface area contributed by atoms with Crippen molar-refractivity contribution in [2.45, 2.75) is 64.1 Å². The predicted octanol–water partition coefficient (Wildman–Crippen LogP) is 3.57. The molecule has 1 rings (SSSR count). The third kappa shape index (κ3) is 7.78. The van der Waals surface area contributed by atoms with E-state index in [-0.39, 0.29) is 6.04 Å². The second-order valence-electron chi connectivity index (χ2n) is 5.48. The van der Waals surface area contributed by atoms with Crippen molar-refractivity contribution in [1.29, 1.82) is 0 Å². The van der Waals surface area contributed by atoms with Crippen molar-refractivity contribution in [1.82, 2.24) is 10.2 Å². The van der Waals surface area contributed by atoms with Gasteiger partial charge in [0.15, 0.2) is 0 Å². The highest BCUT2D eigenvalue weighted by atomic mass is 19.4. The van der Waals surface area contributed by atoms with E-state index in [1.807, 2.05) is 0 Å². The first-order valence-electron chi connectivity index (χ1n) is 7.54. The van der Waals surface area contributed by atoms with Crippen LogP contribution in [0.15, 0.2) is 0 Å². The lowest BCUT2D eigenvalue weighted by Gasteiger charge is -2.35. The Balaban J connectivity index is 2.35. The summed E-state index contributed by atoms with van der Waals surface area (Å²) in [6, 6.07) is 0.106. The summed E-state index contributed by atoms with van der Waals surface area (Å²) >= 11 is 0. The van der Waals surface area contributed by atoms with Crippen LogP contribution in [0.3, 0.4) is 0 Å². The lowest BCUT2D eigenvalue weighted by atomic mass is 10.0. The van der Waals surface area contributed by atoms with E-state index in [1.165, 1.54) is 12.8 Å². The monoisotopic (exact) mass is 280 g/mol. The number of rotatable bonds is 8. The first-order valence-corrected chi connectivity index (χ1v) is 7.54. The number of nitrogens with zero attached hydrogens (tertiary/aromatic N) is 1. The van der Waals surface area contributed by atoms with Gasteiger partial charge in [0.2, 0.25) is 0 Å². The fraction of sp³-hybridized carbons (Fsp3) is 1.00. The quantitative estimate of drug-likeness (QED) is 0.684. The summed E-state index contributed by atoms with van der Waals surface area (Å²) in [4.78, 5) is 1.66. The molecule has 0 radical (unpaired) electrons. The van der Waals surface area contributed by atoms with Gasteiger partial charge in [-0.15, -0.1) is 0 Å². The Bertz CT molecular complexity index is 225. The summed E-state index contributed by atoms with van der Waals surface area (Å²) < 4.78 is 37.9. The Labute approximate surface area is 114 Å². The minimum Gasteiger partial charge on any atom is -0.317 e. The van der Waals surface area contributed by atoms with E-state index in [9.17, 15) is 13.2 Å². The highest BCUT2D eigenvalue weighted by Crippen LogP contribution is 2.22. The Morgan fingerprint density at radius 2 is 1.68 bits per heavy atom. The number of nitrogens with one attached hydrogen (secondary N) is 1. The van der Waals surface area contributed by atoms with Gasteiger partial charge < -0.3 is 5.32 Å². The molecule has 0 aromatic carbocycles. The van der Waals surface area contributed by atoms with Crippen LogP contribution in [-0.2, 0) is 0 Å². The molecule has 114 valence electrons. The zero-order valence-corrected chi connectivity index (χ0v) is 11.9. The molecule has 0 aromatic heterocycles. The summed E-state index contributed by atoms with van der Waals surface area (Å²) in [6.07, 6.45) is 3.04. The average Bonchev–Trinajstić information content (AvgIpc) is 2.37. The fourth-order valence-corrected chi connectivity index (χ4v) is 2.71. The maximum Gasteiger partial charge on any atom is 0.401 e. The highest BCUT2D eigenvalue weighted by molar-refractivity contribution is 4.79. The number of hydrogen-bond donors (Lipinski definition) is 1. The molecule has 5 heteroatoms. The standard InChI is InChI=1S/C14H27F3N2/c1-2-3-4-5-6-11-19(12-14(15,16)17)13-7-9-18-10-8-13/h13,18H,2-12H2,1H3. The first-order chi connectivity index (χ1) is 9.03. The summed E-state index contributed by atoms with van der Waals surface area (Å²) in [5.74, 6) is 0. The molecule has 1 heterocycles. The molecule has 0 bridgehead atoms. The highest BCUT2D eigenvalue weighted by Gasteiger charge is 2.33. The number of alkyl halides is 3. The van der Waals surface area contributed by atoms with Crippen molar-refractivity contribution in [2.24, 2.45) is 0 Å². The lowest BCUT2D eigenvalue weighted by molar-refractivity contribution is -0.152. The topological polar surface area (TPSA) is 15.3 Å². The smallest absolute Gasteiger partial charge is 0.317 e. The molecule has 1 aliphatic heterocycles. The number of halogens is 3. The van der Waals surface area contributed by atoms with Crippen LogP contribution < -0.4 is 5.32 Å². The molecule has 1 fully saturated rings. The van der Waals surface area contributed by atoms with Gasteiger partial charge >= 0.3 is 6.18 Å². The van der Waals surface area contributed by atoms with Crippen molar-refractivity contribution in [3.63, 3.8) is 0 Å². The Morgan fingerprint density at radius 3 is 2.26 bits per heavy atom. The van der Waals surface area contributed by atoms with E-state index in [4.69, 9.17) is 0 Å². The van der Waals surface area contributed by atoms with Gasteiger partial charge in [-0.05, 0) is 38.9 Å². The second-order valence-corrected chi connectivity index (χ2v) is 5.48. The molecule has 0 unspecified atom stereocenters. The van der Waals surface area contributed by atoms with Gasteiger partial charge in [0.1, 0.15) is 0 Å². The molecule has 0 aliphatic carbocycles. The zero-order chi connectivity index (χ0) is 14.1. The van der Waals surface area contributed by atoms with Crippen LogP contribution in [0.5, 0.6) is 0 Å². The van der Waals surface area contributed by atoms with E-state index in [1.54, 1.807) is 4.90 Å².